The van der Waals surface area contributed by atoms with Crippen LogP contribution in [0.5, 0.6) is 0 Å². The fourth-order valence-corrected chi connectivity index (χ4v) is 9.47. The Hall–Kier alpha value is -6.94. The lowest BCUT2D eigenvalue weighted by Crippen LogP contribution is -1.99. The predicted molar refractivity (Wildman–Crippen MR) is 235 cm³/mol. The highest BCUT2D eigenvalue weighted by atomic mass is 32.1. The van der Waals surface area contributed by atoms with Gasteiger partial charge in [-0.15, -0.1) is 11.3 Å². The maximum Gasteiger partial charge on any atom is 0.161 e. The molecule has 0 aliphatic heterocycles. The highest BCUT2D eigenvalue weighted by Gasteiger charge is 2.20. The minimum absolute atomic E-state index is 0.710. The van der Waals surface area contributed by atoms with Gasteiger partial charge in [0.1, 0.15) is 0 Å². The van der Waals surface area contributed by atoms with E-state index in [1.54, 1.807) is 0 Å². The van der Waals surface area contributed by atoms with Gasteiger partial charge in [-0.05, 0) is 78.8 Å². The fraction of sp³-hybridized carbons (Fsp3) is 0. The molecule has 0 fully saturated rings. The summed E-state index contributed by atoms with van der Waals surface area (Å²) in [7, 11) is 0. The first-order valence-corrected chi connectivity index (χ1v) is 19.5. The van der Waals surface area contributed by atoms with Gasteiger partial charge >= 0.3 is 0 Å². The highest BCUT2D eigenvalue weighted by Crippen LogP contribution is 2.43. The molecule has 3 heteroatoms. The van der Waals surface area contributed by atoms with Crippen molar-refractivity contribution in [3.8, 4) is 56.2 Å². The smallest absolute Gasteiger partial charge is 0.161 e. The van der Waals surface area contributed by atoms with E-state index in [0.717, 1.165) is 55.5 Å². The third kappa shape index (κ3) is 5.32. The quantitative estimate of drug-likeness (QED) is 0.131. The van der Waals surface area contributed by atoms with Crippen LogP contribution in [-0.2, 0) is 0 Å². The van der Waals surface area contributed by atoms with Gasteiger partial charge in [-0.2, -0.15) is 0 Å². The van der Waals surface area contributed by atoms with E-state index in [-0.39, 0.29) is 0 Å². The monoisotopic (exact) mass is 716 g/mol. The molecule has 0 N–H and O–H groups in total. The molecular weight excluding hydrogens is 685 g/mol. The first kappa shape index (κ1) is 31.6. The summed E-state index contributed by atoms with van der Waals surface area (Å²) in [6.07, 6.45) is 0. The normalized spacial score (nSPS) is 11.6. The van der Waals surface area contributed by atoms with Gasteiger partial charge in [-0.25, -0.2) is 9.97 Å². The summed E-state index contributed by atoms with van der Waals surface area (Å²) in [5.41, 5.74) is 9.55. The van der Waals surface area contributed by atoms with E-state index < -0.39 is 0 Å². The first-order chi connectivity index (χ1) is 27.3. The van der Waals surface area contributed by atoms with Crippen LogP contribution >= 0.6 is 11.3 Å². The molecule has 2 nitrogen and oxygen atoms in total. The molecule has 0 unspecified atom stereocenters. The molecule has 0 aliphatic rings. The molecule has 2 aromatic heterocycles. The summed E-state index contributed by atoms with van der Waals surface area (Å²) in [5, 5.41) is 9.67. The van der Waals surface area contributed by atoms with Crippen molar-refractivity contribution in [2.45, 2.75) is 0 Å². The molecule has 0 spiro atoms. The second kappa shape index (κ2) is 12.9. The lowest BCUT2D eigenvalue weighted by atomic mass is 9.92. The van der Waals surface area contributed by atoms with Gasteiger partial charge in [0.2, 0.25) is 0 Å². The van der Waals surface area contributed by atoms with E-state index in [2.05, 4.69) is 194 Å². The van der Waals surface area contributed by atoms with E-state index in [1.165, 1.54) is 47.3 Å². The summed E-state index contributed by atoms with van der Waals surface area (Å²) in [6.45, 7) is 0. The molecule has 11 aromatic rings. The molecule has 0 atom stereocenters. The van der Waals surface area contributed by atoms with Crippen molar-refractivity contribution in [2.75, 3.05) is 0 Å². The Morgan fingerprint density at radius 1 is 0.309 bits per heavy atom. The molecule has 0 amide bonds. The summed E-state index contributed by atoms with van der Waals surface area (Å²) >= 11 is 1.85. The van der Waals surface area contributed by atoms with Gasteiger partial charge < -0.3 is 0 Å². The van der Waals surface area contributed by atoms with Crippen molar-refractivity contribution >= 4 is 63.8 Å². The molecule has 2 heterocycles. The molecule has 11 rings (SSSR count). The maximum absolute atomic E-state index is 5.56. The van der Waals surface area contributed by atoms with Gasteiger partial charge in [0, 0.05) is 36.9 Å². The van der Waals surface area contributed by atoms with E-state index in [0.29, 0.717) is 5.82 Å². The Bertz CT molecular complexity index is 3270. The van der Waals surface area contributed by atoms with Gasteiger partial charge in [-0.3, -0.25) is 0 Å². The Balaban J connectivity index is 1.20. The number of nitrogens with zero attached hydrogens (tertiary/aromatic N) is 2. The van der Waals surface area contributed by atoms with Crippen LogP contribution in [0.25, 0.3) is 109 Å². The molecule has 0 saturated heterocycles. The SMILES string of the molecule is c1ccc(-c2ccccc2-c2cc(-c3ccccc3-c3ccc4c(c3)sc3ccccc34)nc(-c3c4ccccc4cc4c3ccc3ccccc34)n2)cc1. The molecular formula is C52H32N2S. The zero-order chi connectivity index (χ0) is 36.3. The molecule has 256 valence electrons. The second-order valence-corrected chi connectivity index (χ2v) is 15.2. The largest absolute Gasteiger partial charge is 0.228 e. The van der Waals surface area contributed by atoms with Crippen LogP contribution in [0, 0.1) is 0 Å². The summed E-state index contributed by atoms with van der Waals surface area (Å²) in [4.78, 5) is 11.1. The van der Waals surface area contributed by atoms with Gasteiger partial charge in [0.05, 0.1) is 11.4 Å². The highest BCUT2D eigenvalue weighted by molar-refractivity contribution is 7.25. The Morgan fingerprint density at radius 3 is 1.64 bits per heavy atom. The van der Waals surface area contributed by atoms with Gasteiger partial charge in [0.15, 0.2) is 5.82 Å². The van der Waals surface area contributed by atoms with Crippen molar-refractivity contribution in [2.24, 2.45) is 0 Å². The molecule has 0 saturated carbocycles. The number of thiophene rings is 1. The third-order valence-corrected chi connectivity index (χ3v) is 12.0. The van der Waals surface area contributed by atoms with Crippen LogP contribution in [0.15, 0.2) is 194 Å². The number of aromatic nitrogens is 2. The van der Waals surface area contributed by atoms with E-state index in [9.17, 15) is 0 Å². The van der Waals surface area contributed by atoms with Crippen LogP contribution < -0.4 is 0 Å². The Kier molecular flexibility index (Phi) is 7.39. The van der Waals surface area contributed by atoms with Crippen molar-refractivity contribution in [3.05, 3.63) is 194 Å². The zero-order valence-electron chi connectivity index (χ0n) is 29.8. The number of hydrogen-bond donors (Lipinski definition) is 0. The molecule has 55 heavy (non-hydrogen) atoms. The average molecular weight is 717 g/mol. The summed E-state index contributed by atoms with van der Waals surface area (Å²) < 4.78 is 2.59. The van der Waals surface area contributed by atoms with E-state index in [4.69, 9.17) is 9.97 Å². The van der Waals surface area contributed by atoms with Crippen molar-refractivity contribution in [1.82, 2.24) is 9.97 Å². The summed E-state index contributed by atoms with van der Waals surface area (Å²) in [5.74, 6) is 0.710. The minimum Gasteiger partial charge on any atom is -0.228 e. The number of fused-ring (bicyclic) bond motifs is 7. The lowest BCUT2D eigenvalue weighted by molar-refractivity contribution is 1.19. The lowest BCUT2D eigenvalue weighted by Gasteiger charge is -2.17. The number of hydrogen-bond acceptors (Lipinski definition) is 3. The topological polar surface area (TPSA) is 25.8 Å². The van der Waals surface area contributed by atoms with E-state index in [1.807, 2.05) is 11.3 Å². The Morgan fingerprint density at radius 2 is 0.873 bits per heavy atom. The molecule has 0 bridgehead atoms. The number of benzene rings is 9. The minimum atomic E-state index is 0.710. The van der Waals surface area contributed by atoms with Gasteiger partial charge in [0.25, 0.3) is 0 Å². The zero-order valence-corrected chi connectivity index (χ0v) is 30.6. The first-order valence-electron chi connectivity index (χ1n) is 18.7. The molecule has 0 aliphatic carbocycles. The van der Waals surface area contributed by atoms with Crippen molar-refractivity contribution in [1.29, 1.82) is 0 Å². The average Bonchev–Trinajstić information content (AvgIpc) is 3.64. The van der Waals surface area contributed by atoms with Crippen LogP contribution in [0.2, 0.25) is 0 Å². The van der Waals surface area contributed by atoms with Gasteiger partial charge in [-0.1, -0.05) is 170 Å². The van der Waals surface area contributed by atoms with Crippen molar-refractivity contribution < 1.29 is 0 Å². The van der Waals surface area contributed by atoms with E-state index >= 15 is 0 Å². The third-order valence-electron chi connectivity index (χ3n) is 10.9. The molecule has 9 aromatic carbocycles. The fourth-order valence-electron chi connectivity index (χ4n) is 8.32. The predicted octanol–water partition coefficient (Wildman–Crippen LogP) is 14.6. The standard InChI is InChI=1S/C52H32N2S/c1-2-14-33(15-3-1)37-18-8-10-22-41(37)47-32-48(42-23-11-9-20-39(42)36-27-28-44-43-24-12-13-25-49(43)55-50(44)31-36)54-52(53-47)51-40-21-7-5-17-35(40)30-46-38-19-6-4-16-34(38)26-29-45(46)51/h1-32H. The van der Waals surface area contributed by atoms with Crippen LogP contribution in [0.1, 0.15) is 0 Å². The number of rotatable bonds is 5. The maximum atomic E-state index is 5.56. The second-order valence-electron chi connectivity index (χ2n) is 14.1. The van der Waals surface area contributed by atoms with Crippen molar-refractivity contribution in [3.63, 3.8) is 0 Å². The van der Waals surface area contributed by atoms with Crippen LogP contribution in [0.3, 0.4) is 0 Å². The summed E-state index contributed by atoms with van der Waals surface area (Å²) in [6, 6.07) is 69.7. The molecule has 0 radical (unpaired) electrons. The van der Waals surface area contributed by atoms with Crippen LogP contribution in [-0.4, -0.2) is 9.97 Å². The Labute approximate surface area is 322 Å². The van der Waals surface area contributed by atoms with Crippen LogP contribution in [0.4, 0.5) is 0 Å².